The fourth-order valence-corrected chi connectivity index (χ4v) is 3.64. The van der Waals surface area contributed by atoms with Crippen LogP contribution in [0.15, 0.2) is 18.2 Å². The topological polar surface area (TPSA) is 46.3 Å². The molecule has 1 aliphatic heterocycles. The Morgan fingerprint density at radius 3 is 2.85 bits per heavy atom. The van der Waals surface area contributed by atoms with E-state index in [0.717, 1.165) is 43.1 Å². The summed E-state index contributed by atoms with van der Waals surface area (Å²) < 4.78 is 0. The lowest BCUT2D eigenvalue weighted by molar-refractivity contribution is -0.119. The number of nitrogen functional groups attached to an aromatic ring is 1. The molecule has 0 saturated heterocycles. The molecule has 2 aliphatic rings. The maximum absolute atomic E-state index is 12.5. The van der Waals surface area contributed by atoms with Gasteiger partial charge in [-0.3, -0.25) is 4.79 Å². The SMILES string of the molecule is Nc1ccc2c(c1)CCCN2C(=O)CCC1CCCC1. The fraction of sp³-hybridized carbons (Fsp3) is 0.588. The number of nitrogens with zero attached hydrogens (tertiary/aromatic N) is 1. The van der Waals surface area contributed by atoms with E-state index in [2.05, 4.69) is 0 Å². The predicted molar refractivity (Wildman–Crippen MR) is 82.7 cm³/mol. The molecule has 1 amide bonds. The molecule has 0 atom stereocenters. The number of amides is 1. The number of benzene rings is 1. The number of hydrogen-bond donors (Lipinski definition) is 1. The Bertz CT molecular complexity index is 492. The minimum absolute atomic E-state index is 0.294. The molecule has 0 bridgehead atoms. The van der Waals surface area contributed by atoms with E-state index in [9.17, 15) is 4.79 Å². The van der Waals surface area contributed by atoms with Gasteiger partial charge < -0.3 is 10.6 Å². The summed E-state index contributed by atoms with van der Waals surface area (Å²) in [4.78, 5) is 14.5. The molecule has 3 heteroatoms. The molecular weight excluding hydrogens is 248 g/mol. The molecule has 1 fully saturated rings. The number of carbonyl (C=O) groups excluding carboxylic acids is 1. The molecule has 2 N–H and O–H groups in total. The summed E-state index contributed by atoms with van der Waals surface area (Å²) in [5, 5.41) is 0. The van der Waals surface area contributed by atoms with Crippen LogP contribution in [0.1, 0.15) is 50.5 Å². The first-order chi connectivity index (χ1) is 9.74. The van der Waals surface area contributed by atoms with Crippen LogP contribution in [0.3, 0.4) is 0 Å². The molecule has 1 saturated carbocycles. The summed E-state index contributed by atoms with van der Waals surface area (Å²) in [5.74, 6) is 1.08. The van der Waals surface area contributed by atoms with Gasteiger partial charge in [-0.2, -0.15) is 0 Å². The molecule has 0 radical (unpaired) electrons. The molecule has 3 rings (SSSR count). The maximum Gasteiger partial charge on any atom is 0.226 e. The van der Waals surface area contributed by atoms with E-state index in [-0.39, 0.29) is 0 Å². The zero-order chi connectivity index (χ0) is 13.9. The molecule has 1 heterocycles. The Hall–Kier alpha value is -1.51. The highest BCUT2D eigenvalue weighted by Gasteiger charge is 2.24. The number of carbonyl (C=O) groups is 1. The van der Waals surface area contributed by atoms with E-state index >= 15 is 0 Å². The van der Waals surface area contributed by atoms with E-state index in [1.54, 1.807) is 0 Å². The maximum atomic E-state index is 12.5. The van der Waals surface area contributed by atoms with E-state index < -0.39 is 0 Å². The Kier molecular flexibility index (Phi) is 3.95. The summed E-state index contributed by atoms with van der Waals surface area (Å²) in [7, 11) is 0. The second-order valence-electron chi connectivity index (χ2n) is 6.23. The fourth-order valence-electron chi connectivity index (χ4n) is 3.64. The van der Waals surface area contributed by atoms with Crippen molar-refractivity contribution < 1.29 is 4.79 Å². The van der Waals surface area contributed by atoms with Gasteiger partial charge in [0, 0.05) is 24.3 Å². The van der Waals surface area contributed by atoms with Crippen molar-refractivity contribution in [3.05, 3.63) is 23.8 Å². The normalized spacial score (nSPS) is 19.1. The largest absolute Gasteiger partial charge is 0.399 e. The van der Waals surface area contributed by atoms with Gasteiger partial charge in [0.1, 0.15) is 0 Å². The summed E-state index contributed by atoms with van der Waals surface area (Å²) in [6.45, 7) is 0.862. The van der Waals surface area contributed by atoms with Crippen LogP contribution < -0.4 is 10.6 Å². The van der Waals surface area contributed by atoms with Crippen molar-refractivity contribution in [2.24, 2.45) is 5.92 Å². The highest BCUT2D eigenvalue weighted by molar-refractivity contribution is 5.94. The van der Waals surface area contributed by atoms with Crippen molar-refractivity contribution >= 4 is 17.3 Å². The first-order valence-electron chi connectivity index (χ1n) is 7.93. The molecule has 1 aromatic rings. The molecular formula is C17H24N2O. The average molecular weight is 272 g/mol. The van der Waals surface area contributed by atoms with Gasteiger partial charge in [0.05, 0.1) is 0 Å². The second-order valence-corrected chi connectivity index (χ2v) is 6.23. The number of anilines is 2. The van der Waals surface area contributed by atoms with Crippen LogP contribution in [0.2, 0.25) is 0 Å². The zero-order valence-corrected chi connectivity index (χ0v) is 12.1. The van der Waals surface area contributed by atoms with Crippen LogP contribution in [0, 0.1) is 5.92 Å². The summed E-state index contributed by atoms with van der Waals surface area (Å²) in [6, 6.07) is 5.93. The minimum atomic E-state index is 0.294. The quantitative estimate of drug-likeness (QED) is 0.856. The first kappa shape index (κ1) is 13.5. The van der Waals surface area contributed by atoms with E-state index in [1.807, 2.05) is 23.1 Å². The predicted octanol–water partition coefficient (Wildman–Crippen LogP) is 3.52. The zero-order valence-electron chi connectivity index (χ0n) is 12.1. The van der Waals surface area contributed by atoms with Crippen LogP contribution in [0.4, 0.5) is 11.4 Å². The molecule has 108 valence electrons. The Labute approximate surface area is 121 Å². The van der Waals surface area contributed by atoms with Crippen LogP contribution >= 0.6 is 0 Å². The average Bonchev–Trinajstić information content (AvgIpc) is 2.97. The van der Waals surface area contributed by atoms with Gasteiger partial charge in [-0.1, -0.05) is 25.7 Å². The van der Waals surface area contributed by atoms with Gasteiger partial charge in [-0.15, -0.1) is 0 Å². The van der Waals surface area contributed by atoms with Gasteiger partial charge >= 0.3 is 0 Å². The van der Waals surface area contributed by atoms with Gasteiger partial charge in [-0.25, -0.2) is 0 Å². The van der Waals surface area contributed by atoms with Crippen LogP contribution in [0.25, 0.3) is 0 Å². The molecule has 1 aliphatic carbocycles. The second kappa shape index (κ2) is 5.86. The summed E-state index contributed by atoms with van der Waals surface area (Å²) >= 11 is 0. The van der Waals surface area contributed by atoms with E-state index in [0.29, 0.717) is 12.3 Å². The van der Waals surface area contributed by atoms with Gasteiger partial charge in [0.2, 0.25) is 5.91 Å². The Morgan fingerprint density at radius 1 is 1.25 bits per heavy atom. The van der Waals surface area contributed by atoms with Crippen LogP contribution in [-0.4, -0.2) is 12.5 Å². The first-order valence-corrected chi connectivity index (χ1v) is 7.93. The van der Waals surface area contributed by atoms with Gasteiger partial charge in [0.25, 0.3) is 0 Å². The third kappa shape index (κ3) is 2.82. The lowest BCUT2D eigenvalue weighted by Crippen LogP contribution is -2.35. The number of rotatable bonds is 3. The highest BCUT2D eigenvalue weighted by atomic mass is 16.2. The van der Waals surface area contributed by atoms with E-state index in [1.165, 1.54) is 31.2 Å². The molecule has 20 heavy (non-hydrogen) atoms. The summed E-state index contributed by atoms with van der Waals surface area (Å²) in [5.41, 5.74) is 8.95. The van der Waals surface area contributed by atoms with Crippen molar-refractivity contribution in [2.75, 3.05) is 17.2 Å². The van der Waals surface area contributed by atoms with Crippen molar-refractivity contribution in [1.29, 1.82) is 0 Å². The minimum Gasteiger partial charge on any atom is -0.399 e. The standard InChI is InChI=1S/C17H24N2O/c18-15-8-9-16-14(12-15)6-3-11-19(16)17(20)10-7-13-4-1-2-5-13/h8-9,12-13H,1-7,10-11,18H2. The number of aryl methyl sites for hydroxylation is 1. The van der Waals surface area contributed by atoms with Crippen LogP contribution in [-0.2, 0) is 11.2 Å². The monoisotopic (exact) mass is 272 g/mol. The van der Waals surface area contributed by atoms with Crippen molar-refractivity contribution in [1.82, 2.24) is 0 Å². The molecule has 0 aromatic heterocycles. The van der Waals surface area contributed by atoms with Crippen molar-refractivity contribution in [2.45, 2.75) is 51.4 Å². The third-order valence-corrected chi connectivity index (χ3v) is 4.76. The Morgan fingerprint density at radius 2 is 2.05 bits per heavy atom. The van der Waals surface area contributed by atoms with Crippen molar-refractivity contribution in [3.8, 4) is 0 Å². The molecule has 1 aromatic carbocycles. The smallest absolute Gasteiger partial charge is 0.226 e. The Balaban J connectivity index is 1.66. The van der Waals surface area contributed by atoms with Crippen molar-refractivity contribution in [3.63, 3.8) is 0 Å². The van der Waals surface area contributed by atoms with Gasteiger partial charge in [-0.05, 0) is 48.9 Å². The lowest BCUT2D eigenvalue weighted by atomic mass is 9.98. The summed E-state index contributed by atoms with van der Waals surface area (Å²) in [6.07, 6.45) is 9.20. The number of hydrogen-bond acceptors (Lipinski definition) is 2. The van der Waals surface area contributed by atoms with Crippen LogP contribution in [0.5, 0.6) is 0 Å². The molecule has 0 unspecified atom stereocenters. The lowest BCUT2D eigenvalue weighted by Gasteiger charge is -2.30. The molecule has 3 nitrogen and oxygen atoms in total. The van der Waals surface area contributed by atoms with Gasteiger partial charge in [0.15, 0.2) is 0 Å². The van der Waals surface area contributed by atoms with E-state index in [4.69, 9.17) is 5.73 Å². The number of nitrogens with two attached hydrogens (primary N) is 1. The number of fused-ring (bicyclic) bond motifs is 1. The highest BCUT2D eigenvalue weighted by Crippen LogP contribution is 2.32. The molecule has 0 spiro atoms. The third-order valence-electron chi connectivity index (χ3n) is 4.76.